The summed E-state index contributed by atoms with van der Waals surface area (Å²) in [5, 5.41) is 12.7. The van der Waals surface area contributed by atoms with E-state index in [1.807, 2.05) is 0 Å². The number of carbonyl (C=O) groups excluding carboxylic acids is 3. The molecule has 1 aromatic rings. The molecule has 4 heterocycles. The maximum atomic E-state index is 12.2. The molecule has 1 aromatic heterocycles. The third kappa shape index (κ3) is 1.57. The standard InChI is InChI=1S/C12H12N6O3/c19-9-6-1-12(2-6,10(20)16-9)18-4-8(15-11(18)21)7-3-13-5-14-17-7/h3,5-6,8H,1-2,4H2,(H,15,21)(H,16,19,20). The number of carbonyl (C=O) groups is 3. The fourth-order valence-electron chi connectivity index (χ4n) is 3.29. The van der Waals surface area contributed by atoms with Crippen molar-refractivity contribution >= 4 is 17.8 Å². The summed E-state index contributed by atoms with van der Waals surface area (Å²) >= 11 is 0. The summed E-state index contributed by atoms with van der Waals surface area (Å²) in [7, 11) is 0. The first-order chi connectivity index (χ1) is 10.1. The molecule has 0 aromatic carbocycles. The lowest BCUT2D eigenvalue weighted by Crippen LogP contribution is -2.73. The fourth-order valence-corrected chi connectivity index (χ4v) is 3.29. The van der Waals surface area contributed by atoms with Gasteiger partial charge in [-0.3, -0.25) is 14.9 Å². The zero-order chi connectivity index (χ0) is 14.6. The molecule has 4 fully saturated rings. The molecule has 3 saturated heterocycles. The smallest absolute Gasteiger partial charge is 0.318 e. The van der Waals surface area contributed by atoms with E-state index in [1.54, 1.807) is 0 Å². The Morgan fingerprint density at radius 2 is 2.10 bits per heavy atom. The van der Waals surface area contributed by atoms with Gasteiger partial charge in [-0.1, -0.05) is 0 Å². The summed E-state index contributed by atoms with van der Waals surface area (Å²) in [6, 6.07) is -0.675. The van der Waals surface area contributed by atoms with E-state index in [2.05, 4.69) is 25.8 Å². The number of hydrogen-bond acceptors (Lipinski definition) is 6. The van der Waals surface area contributed by atoms with Crippen LogP contribution in [0.5, 0.6) is 0 Å². The maximum Gasteiger partial charge on any atom is 0.318 e. The van der Waals surface area contributed by atoms with E-state index in [4.69, 9.17) is 0 Å². The number of imide groups is 1. The largest absolute Gasteiger partial charge is 0.328 e. The van der Waals surface area contributed by atoms with Crippen LogP contribution < -0.4 is 10.6 Å². The Labute approximate surface area is 119 Å². The van der Waals surface area contributed by atoms with Crippen molar-refractivity contribution in [3.8, 4) is 0 Å². The SMILES string of the molecule is O=C1NC(=O)C2(N3CC(c4cncnn4)NC3=O)CC1C2. The van der Waals surface area contributed by atoms with E-state index in [0.717, 1.165) is 0 Å². The van der Waals surface area contributed by atoms with Crippen molar-refractivity contribution < 1.29 is 14.4 Å². The number of rotatable bonds is 2. The Morgan fingerprint density at radius 1 is 1.29 bits per heavy atom. The molecule has 0 spiro atoms. The quantitative estimate of drug-likeness (QED) is 0.656. The Balaban J connectivity index is 1.59. The number of nitrogens with zero attached hydrogens (tertiary/aromatic N) is 4. The molecule has 21 heavy (non-hydrogen) atoms. The van der Waals surface area contributed by atoms with Gasteiger partial charge in [-0.05, 0) is 12.8 Å². The number of nitrogens with one attached hydrogen (secondary N) is 2. The minimum absolute atomic E-state index is 0.173. The van der Waals surface area contributed by atoms with Crippen LogP contribution in [0.2, 0.25) is 0 Å². The van der Waals surface area contributed by atoms with Crippen LogP contribution in [0.3, 0.4) is 0 Å². The van der Waals surface area contributed by atoms with Crippen molar-refractivity contribution in [1.29, 1.82) is 0 Å². The van der Waals surface area contributed by atoms with Gasteiger partial charge in [0.05, 0.1) is 12.2 Å². The highest BCUT2D eigenvalue weighted by Gasteiger charge is 2.63. The number of aromatic nitrogens is 3. The average Bonchev–Trinajstić information content (AvgIpc) is 2.81. The first-order valence-electron chi connectivity index (χ1n) is 6.66. The number of piperidine rings is 2. The molecule has 9 nitrogen and oxygen atoms in total. The highest BCUT2D eigenvalue weighted by Crippen LogP contribution is 2.47. The molecule has 1 unspecified atom stereocenters. The second-order valence-electron chi connectivity index (χ2n) is 5.60. The first kappa shape index (κ1) is 12.2. The predicted octanol–water partition coefficient (Wildman–Crippen LogP) is -1.26. The molecule has 1 atom stereocenters. The van der Waals surface area contributed by atoms with Gasteiger partial charge in [0, 0.05) is 12.5 Å². The zero-order valence-corrected chi connectivity index (χ0v) is 10.9. The lowest BCUT2D eigenvalue weighted by Gasteiger charge is -2.53. The minimum Gasteiger partial charge on any atom is -0.328 e. The van der Waals surface area contributed by atoms with Crippen molar-refractivity contribution in [2.75, 3.05) is 6.54 Å². The molecule has 5 rings (SSSR count). The van der Waals surface area contributed by atoms with E-state index < -0.39 is 5.54 Å². The van der Waals surface area contributed by atoms with Gasteiger partial charge in [0.15, 0.2) is 0 Å². The van der Waals surface area contributed by atoms with Gasteiger partial charge in [-0.15, -0.1) is 5.10 Å². The summed E-state index contributed by atoms with van der Waals surface area (Å²) in [4.78, 5) is 41.2. The Morgan fingerprint density at radius 3 is 2.76 bits per heavy atom. The summed E-state index contributed by atoms with van der Waals surface area (Å²) in [5.74, 6) is -0.799. The number of amides is 4. The Kier molecular flexibility index (Phi) is 2.30. The second kappa shape index (κ2) is 3.96. The van der Waals surface area contributed by atoms with Crippen molar-refractivity contribution in [1.82, 2.24) is 30.7 Å². The summed E-state index contributed by atoms with van der Waals surface area (Å²) in [6.07, 6.45) is 3.65. The van der Waals surface area contributed by atoms with Crippen LogP contribution in [0, 0.1) is 5.92 Å². The van der Waals surface area contributed by atoms with Crippen LogP contribution in [0.1, 0.15) is 24.6 Å². The highest BCUT2D eigenvalue weighted by atomic mass is 16.2. The third-order valence-corrected chi connectivity index (χ3v) is 4.48. The molecular weight excluding hydrogens is 276 g/mol. The summed E-state index contributed by atoms with van der Waals surface area (Å²) in [5.41, 5.74) is -0.347. The van der Waals surface area contributed by atoms with Crippen molar-refractivity contribution in [2.45, 2.75) is 24.4 Å². The van der Waals surface area contributed by atoms with Crippen molar-refractivity contribution in [3.63, 3.8) is 0 Å². The van der Waals surface area contributed by atoms with Gasteiger partial charge < -0.3 is 10.2 Å². The van der Waals surface area contributed by atoms with Crippen LogP contribution in [0.4, 0.5) is 4.79 Å². The first-order valence-corrected chi connectivity index (χ1v) is 6.66. The average molecular weight is 288 g/mol. The van der Waals surface area contributed by atoms with Crippen molar-refractivity contribution in [2.24, 2.45) is 5.92 Å². The molecule has 0 radical (unpaired) electrons. The Hall–Kier alpha value is -2.58. The lowest BCUT2D eigenvalue weighted by molar-refractivity contribution is -0.159. The molecule has 9 heteroatoms. The van der Waals surface area contributed by atoms with Crippen molar-refractivity contribution in [3.05, 3.63) is 18.2 Å². The number of urea groups is 1. The van der Waals surface area contributed by atoms with Crippen LogP contribution in [-0.2, 0) is 9.59 Å². The molecule has 2 N–H and O–H groups in total. The predicted molar refractivity (Wildman–Crippen MR) is 66.4 cm³/mol. The highest BCUT2D eigenvalue weighted by molar-refractivity contribution is 6.08. The van der Waals surface area contributed by atoms with Gasteiger partial charge in [0.2, 0.25) is 5.91 Å². The maximum absolute atomic E-state index is 12.2. The van der Waals surface area contributed by atoms with Gasteiger partial charge >= 0.3 is 6.03 Å². The molecule has 3 aliphatic heterocycles. The molecule has 1 aliphatic carbocycles. The third-order valence-electron chi connectivity index (χ3n) is 4.48. The van der Waals surface area contributed by atoms with Crippen LogP contribution in [-0.4, -0.2) is 50.0 Å². The molecule has 4 amide bonds. The van der Waals surface area contributed by atoms with Gasteiger partial charge in [0.1, 0.15) is 17.6 Å². The molecule has 108 valence electrons. The van der Waals surface area contributed by atoms with Crippen LogP contribution in [0.15, 0.2) is 12.5 Å². The molecule has 4 aliphatic rings. The summed E-state index contributed by atoms with van der Waals surface area (Å²) < 4.78 is 0. The van der Waals surface area contributed by atoms with E-state index in [1.165, 1.54) is 17.4 Å². The van der Waals surface area contributed by atoms with E-state index in [-0.39, 0.29) is 29.8 Å². The topological polar surface area (TPSA) is 117 Å². The fraction of sp³-hybridized carbons (Fsp3) is 0.500. The lowest BCUT2D eigenvalue weighted by atomic mass is 9.63. The van der Waals surface area contributed by atoms with Gasteiger partial charge in [-0.2, -0.15) is 5.10 Å². The van der Waals surface area contributed by atoms with E-state index in [9.17, 15) is 14.4 Å². The van der Waals surface area contributed by atoms with Crippen LogP contribution >= 0.6 is 0 Å². The molecule has 2 bridgehead atoms. The Bertz CT molecular complexity index is 642. The van der Waals surface area contributed by atoms with Gasteiger partial charge in [-0.25, -0.2) is 9.78 Å². The molecular formula is C12H12N6O3. The van der Waals surface area contributed by atoms with Gasteiger partial charge in [0.25, 0.3) is 5.91 Å². The number of fused-ring (bicyclic) bond motifs is 2. The minimum atomic E-state index is -0.896. The second-order valence-corrected chi connectivity index (χ2v) is 5.60. The normalized spacial score (nSPS) is 34.3. The van der Waals surface area contributed by atoms with E-state index >= 15 is 0 Å². The summed E-state index contributed by atoms with van der Waals surface area (Å²) in [6.45, 7) is 0.313. The zero-order valence-electron chi connectivity index (χ0n) is 10.9. The number of hydrogen-bond donors (Lipinski definition) is 2. The molecule has 1 saturated carbocycles. The van der Waals surface area contributed by atoms with Crippen LogP contribution in [0.25, 0.3) is 0 Å². The monoisotopic (exact) mass is 288 g/mol. The van der Waals surface area contributed by atoms with E-state index in [0.29, 0.717) is 25.1 Å².